The van der Waals surface area contributed by atoms with Gasteiger partial charge in [-0.1, -0.05) is 0 Å². The van der Waals surface area contributed by atoms with Gasteiger partial charge in [-0.05, 0) is 41.6 Å². The number of nitrogens with zero attached hydrogens (tertiary/aromatic N) is 4. The fraction of sp³-hybridized carbons (Fsp3) is 0.182. The summed E-state index contributed by atoms with van der Waals surface area (Å²) in [7, 11) is 0. The maximum absolute atomic E-state index is 8.69. The minimum atomic E-state index is 0.285. The Morgan fingerprint density at radius 1 is 1.44 bits per heavy atom. The summed E-state index contributed by atoms with van der Waals surface area (Å²) in [5.41, 5.74) is 2.96. The molecule has 0 aliphatic carbocycles. The van der Waals surface area contributed by atoms with Crippen molar-refractivity contribution in [3.63, 3.8) is 0 Å². The Kier molecular flexibility index (Phi) is 3.19. The fourth-order valence-electron chi connectivity index (χ4n) is 1.44. The summed E-state index contributed by atoms with van der Waals surface area (Å²) in [6, 6.07) is 5.94. The second-order valence-corrected chi connectivity index (χ2v) is 4.38. The van der Waals surface area contributed by atoms with E-state index in [0.29, 0.717) is 0 Å². The lowest BCUT2D eigenvalue weighted by atomic mass is 10.2. The zero-order valence-corrected chi connectivity index (χ0v) is 10.8. The smallest absolute Gasteiger partial charge is 0.128 e. The molecule has 16 heavy (non-hydrogen) atoms. The lowest BCUT2D eigenvalue weighted by molar-refractivity contribution is 0.688. The highest BCUT2D eigenvalue weighted by molar-refractivity contribution is 14.1. The van der Waals surface area contributed by atoms with Crippen LogP contribution in [-0.2, 0) is 6.54 Å². The quantitative estimate of drug-likeness (QED) is 0.797. The number of pyridine rings is 1. The normalized spacial score (nSPS) is 10.1. The molecule has 0 saturated heterocycles. The van der Waals surface area contributed by atoms with E-state index >= 15 is 0 Å². The van der Waals surface area contributed by atoms with E-state index < -0.39 is 0 Å². The summed E-state index contributed by atoms with van der Waals surface area (Å²) >= 11 is 2.26. The summed E-state index contributed by atoms with van der Waals surface area (Å²) in [4.78, 5) is 3.98. The van der Waals surface area contributed by atoms with E-state index in [1.807, 2.05) is 19.1 Å². The molecule has 2 rings (SSSR count). The van der Waals surface area contributed by atoms with Crippen molar-refractivity contribution in [2.75, 3.05) is 0 Å². The molecule has 2 aromatic rings. The first-order valence-corrected chi connectivity index (χ1v) is 5.82. The standard InChI is InChI=1S/C11H9IN4/c1-8-10(12)11(15-16(8)7-4-13)9-2-5-14-6-3-9/h2-3,5-6H,7H2,1H3. The molecule has 80 valence electrons. The Balaban J connectivity index is 2.52. The maximum atomic E-state index is 8.69. The molecule has 0 unspecified atom stereocenters. The zero-order valence-electron chi connectivity index (χ0n) is 8.68. The summed E-state index contributed by atoms with van der Waals surface area (Å²) in [6.45, 7) is 2.25. The minimum absolute atomic E-state index is 0.285. The first kappa shape index (κ1) is 11.1. The van der Waals surface area contributed by atoms with Gasteiger partial charge in [-0.15, -0.1) is 0 Å². The van der Waals surface area contributed by atoms with E-state index in [2.05, 4.69) is 38.7 Å². The van der Waals surface area contributed by atoms with Gasteiger partial charge in [0.1, 0.15) is 12.2 Å². The second-order valence-electron chi connectivity index (χ2n) is 3.30. The predicted octanol–water partition coefficient (Wildman–Crippen LogP) is 2.38. The van der Waals surface area contributed by atoms with Gasteiger partial charge in [-0.25, -0.2) is 0 Å². The van der Waals surface area contributed by atoms with Crippen molar-refractivity contribution in [3.8, 4) is 17.3 Å². The fourth-order valence-corrected chi connectivity index (χ4v) is 2.14. The highest BCUT2D eigenvalue weighted by atomic mass is 127. The van der Waals surface area contributed by atoms with Crippen LogP contribution in [0.3, 0.4) is 0 Å². The third-order valence-electron chi connectivity index (χ3n) is 2.31. The van der Waals surface area contributed by atoms with E-state index in [4.69, 9.17) is 5.26 Å². The van der Waals surface area contributed by atoms with Gasteiger partial charge >= 0.3 is 0 Å². The van der Waals surface area contributed by atoms with Crippen molar-refractivity contribution < 1.29 is 0 Å². The Hall–Kier alpha value is -1.42. The van der Waals surface area contributed by atoms with E-state index in [1.165, 1.54) is 0 Å². The number of hydrogen-bond donors (Lipinski definition) is 0. The number of nitriles is 1. The second kappa shape index (κ2) is 4.61. The van der Waals surface area contributed by atoms with Crippen LogP contribution in [0.1, 0.15) is 5.69 Å². The molecule has 2 aromatic heterocycles. The van der Waals surface area contributed by atoms with Crippen LogP contribution in [0, 0.1) is 21.8 Å². The largest absolute Gasteiger partial charge is 0.265 e. The molecule has 0 bridgehead atoms. The van der Waals surface area contributed by atoms with Gasteiger partial charge < -0.3 is 0 Å². The minimum Gasteiger partial charge on any atom is -0.265 e. The molecule has 0 atom stereocenters. The summed E-state index contributed by atoms with van der Waals surface area (Å²) in [5.74, 6) is 0. The van der Waals surface area contributed by atoms with E-state index in [0.717, 1.165) is 20.5 Å². The molecule has 4 nitrogen and oxygen atoms in total. The van der Waals surface area contributed by atoms with Gasteiger partial charge in [0.05, 0.1) is 15.3 Å². The molecule has 0 N–H and O–H groups in total. The molecular formula is C11H9IN4. The molecule has 5 heteroatoms. The summed E-state index contributed by atoms with van der Waals surface area (Å²) in [5, 5.41) is 13.1. The Bertz CT molecular complexity index is 539. The maximum Gasteiger partial charge on any atom is 0.128 e. The predicted molar refractivity (Wildman–Crippen MR) is 68.5 cm³/mol. The third kappa shape index (κ3) is 1.93. The molecule has 0 amide bonds. The molecule has 0 spiro atoms. The average molecular weight is 324 g/mol. The SMILES string of the molecule is Cc1c(I)c(-c2ccncc2)nn1CC#N. The van der Waals surface area contributed by atoms with Crippen LogP contribution in [0.25, 0.3) is 11.3 Å². The van der Waals surface area contributed by atoms with E-state index in [-0.39, 0.29) is 6.54 Å². The first-order valence-electron chi connectivity index (χ1n) is 4.74. The number of aromatic nitrogens is 3. The molecule has 0 saturated carbocycles. The lowest BCUT2D eigenvalue weighted by Gasteiger charge is -1.95. The molecule has 0 aliphatic rings. The van der Waals surface area contributed by atoms with Crippen molar-refractivity contribution in [1.82, 2.24) is 14.8 Å². The number of halogens is 1. The van der Waals surface area contributed by atoms with Crippen molar-refractivity contribution in [1.29, 1.82) is 5.26 Å². The lowest BCUT2D eigenvalue weighted by Crippen LogP contribution is -2.00. The first-order chi connectivity index (χ1) is 7.74. The van der Waals surface area contributed by atoms with E-state index in [1.54, 1.807) is 17.1 Å². The molecule has 0 radical (unpaired) electrons. The van der Waals surface area contributed by atoms with Crippen LogP contribution >= 0.6 is 22.6 Å². The van der Waals surface area contributed by atoms with Gasteiger partial charge in [-0.3, -0.25) is 9.67 Å². The highest BCUT2D eigenvalue weighted by Gasteiger charge is 2.13. The highest BCUT2D eigenvalue weighted by Crippen LogP contribution is 2.25. The van der Waals surface area contributed by atoms with Gasteiger partial charge in [-0.2, -0.15) is 10.4 Å². The number of hydrogen-bond acceptors (Lipinski definition) is 3. The molecule has 2 heterocycles. The van der Waals surface area contributed by atoms with Crippen LogP contribution in [0.5, 0.6) is 0 Å². The number of rotatable bonds is 2. The topological polar surface area (TPSA) is 54.5 Å². The molecule has 0 aromatic carbocycles. The van der Waals surface area contributed by atoms with Crippen LogP contribution in [0.2, 0.25) is 0 Å². The molecular weight excluding hydrogens is 315 g/mol. The average Bonchev–Trinajstić information content (AvgIpc) is 2.59. The monoisotopic (exact) mass is 324 g/mol. The van der Waals surface area contributed by atoms with Crippen LogP contribution in [0.4, 0.5) is 0 Å². The van der Waals surface area contributed by atoms with Crippen LogP contribution in [-0.4, -0.2) is 14.8 Å². The van der Waals surface area contributed by atoms with Crippen molar-refractivity contribution in [3.05, 3.63) is 33.8 Å². The van der Waals surface area contributed by atoms with Gasteiger partial charge in [0.15, 0.2) is 0 Å². The Morgan fingerprint density at radius 2 is 2.12 bits per heavy atom. The Labute approximate surface area is 107 Å². The zero-order chi connectivity index (χ0) is 11.5. The van der Waals surface area contributed by atoms with E-state index in [9.17, 15) is 0 Å². The summed E-state index contributed by atoms with van der Waals surface area (Å²) < 4.78 is 2.80. The van der Waals surface area contributed by atoms with Crippen molar-refractivity contribution in [2.45, 2.75) is 13.5 Å². The third-order valence-corrected chi connectivity index (χ3v) is 3.60. The molecule has 0 fully saturated rings. The van der Waals surface area contributed by atoms with Crippen molar-refractivity contribution >= 4 is 22.6 Å². The van der Waals surface area contributed by atoms with Gasteiger partial charge in [0, 0.05) is 18.0 Å². The van der Waals surface area contributed by atoms with Crippen molar-refractivity contribution in [2.24, 2.45) is 0 Å². The van der Waals surface area contributed by atoms with Gasteiger partial charge in [0.25, 0.3) is 0 Å². The van der Waals surface area contributed by atoms with Crippen LogP contribution in [0.15, 0.2) is 24.5 Å². The van der Waals surface area contributed by atoms with Gasteiger partial charge in [0.2, 0.25) is 0 Å². The molecule has 0 aliphatic heterocycles. The summed E-state index contributed by atoms with van der Waals surface area (Å²) in [6.07, 6.45) is 3.48. The van der Waals surface area contributed by atoms with Crippen LogP contribution < -0.4 is 0 Å². The Morgan fingerprint density at radius 3 is 2.75 bits per heavy atom.